The molecule has 1 aromatic carbocycles. The van der Waals surface area contributed by atoms with Crippen LogP contribution in [0.15, 0.2) is 35.2 Å². The summed E-state index contributed by atoms with van der Waals surface area (Å²) in [4.78, 5) is 14.4. The van der Waals surface area contributed by atoms with Gasteiger partial charge in [0.1, 0.15) is 4.83 Å². The van der Waals surface area contributed by atoms with Gasteiger partial charge < -0.3 is 5.32 Å². The van der Waals surface area contributed by atoms with E-state index in [1.807, 2.05) is 24.6 Å². The maximum Gasteiger partial charge on any atom is 0.261 e. The van der Waals surface area contributed by atoms with Crippen molar-refractivity contribution >= 4 is 37.5 Å². The van der Waals surface area contributed by atoms with Gasteiger partial charge in [0.15, 0.2) is 0 Å². The van der Waals surface area contributed by atoms with Gasteiger partial charge in [-0.15, -0.1) is 11.3 Å². The van der Waals surface area contributed by atoms with Crippen LogP contribution in [-0.2, 0) is 16.6 Å². The number of hydrogen-bond acceptors (Lipinski definition) is 5. The number of nitrogens with zero attached hydrogens (tertiary/aromatic N) is 2. The van der Waals surface area contributed by atoms with E-state index in [0.29, 0.717) is 10.8 Å². The van der Waals surface area contributed by atoms with E-state index in [1.54, 1.807) is 12.1 Å². The molecule has 0 saturated carbocycles. The topological polar surface area (TPSA) is 107 Å². The maximum absolute atomic E-state index is 12.7. The number of hydrogen-bond donors (Lipinski definition) is 2. The number of fused-ring (bicyclic) bond motifs is 1. The van der Waals surface area contributed by atoms with Crippen molar-refractivity contribution in [1.29, 1.82) is 0 Å². The normalized spacial score (nSPS) is 13.2. The van der Waals surface area contributed by atoms with Crippen LogP contribution in [0.1, 0.15) is 47.7 Å². The number of aryl methyl sites for hydroxylation is 1. The average Bonchev–Trinajstić information content (AvgIpc) is 3.15. The Morgan fingerprint density at radius 1 is 1.25 bits per heavy atom. The number of aromatic nitrogens is 2. The molecule has 0 aliphatic heterocycles. The molecule has 0 radical (unpaired) electrons. The van der Waals surface area contributed by atoms with Crippen molar-refractivity contribution in [1.82, 2.24) is 15.1 Å². The molecule has 0 spiro atoms. The Labute approximate surface area is 168 Å². The number of benzene rings is 1. The zero-order valence-electron chi connectivity index (χ0n) is 16.3. The second-order valence-electron chi connectivity index (χ2n) is 7.30. The van der Waals surface area contributed by atoms with Crippen LogP contribution >= 0.6 is 11.3 Å². The van der Waals surface area contributed by atoms with E-state index in [9.17, 15) is 13.2 Å². The molecule has 3 rings (SSSR count). The highest BCUT2D eigenvalue weighted by Crippen LogP contribution is 2.29. The molecule has 0 aliphatic rings. The average molecular weight is 421 g/mol. The smallest absolute Gasteiger partial charge is 0.261 e. The SMILES string of the molecule is Cc1nn(CC(C)C)c2sc(C(=O)NC(C)c3ccc(S(N)(=O)=O)cc3)cc12. The van der Waals surface area contributed by atoms with Gasteiger partial charge >= 0.3 is 0 Å². The van der Waals surface area contributed by atoms with Gasteiger partial charge in [0.25, 0.3) is 5.91 Å². The number of carbonyl (C=O) groups is 1. The van der Waals surface area contributed by atoms with Crippen LogP contribution in [0.4, 0.5) is 0 Å². The quantitative estimate of drug-likeness (QED) is 0.638. The molecular weight excluding hydrogens is 396 g/mol. The van der Waals surface area contributed by atoms with Gasteiger partial charge in [0.2, 0.25) is 10.0 Å². The summed E-state index contributed by atoms with van der Waals surface area (Å²) in [6, 6.07) is 7.79. The van der Waals surface area contributed by atoms with Crippen LogP contribution in [0.25, 0.3) is 10.2 Å². The number of nitrogens with two attached hydrogens (primary N) is 1. The molecule has 0 aliphatic carbocycles. The van der Waals surface area contributed by atoms with Crippen LogP contribution in [0.3, 0.4) is 0 Å². The number of thiophene rings is 1. The van der Waals surface area contributed by atoms with E-state index in [2.05, 4.69) is 24.3 Å². The van der Waals surface area contributed by atoms with Gasteiger partial charge in [-0.3, -0.25) is 9.48 Å². The van der Waals surface area contributed by atoms with Crippen molar-refractivity contribution in [2.75, 3.05) is 0 Å². The Bertz CT molecular complexity index is 1110. The number of nitrogens with one attached hydrogen (secondary N) is 1. The van der Waals surface area contributed by atoms with Gasteiger partial charge in [0, 0.05) is 11.9 Å². The van der Waals surface area contributed by atoms with E-state index in [0.717, 1.165) is 28.0 Å². The van der Waals surface area contributed by atoms with Gasteiger partial charge in [-0.2, -0.15) is 5.10 Å². The predicted molar refractivity (Wildman–Crippen MR) is 111 cm³/mol. The van der Waals surface area contributed by atoms with Crippen molar-refractivity contribution in [3.8, 4) is 0 Å². The first-order valence-electron chi connectivity index (χ1n) is 8.97. The number of amides is 1. The number of carbonyl (C=O) groups excluding carboxylic acids is 1. The molecule has 1 amide bonds. The fourth-order valence-electron chi connectivity index (χ4n) is 2.99. The van der Waals surface area contributed by atoms with Gasteiger partial charge in [-0.1, -0.05) is 26.0 Å². The molecule has 3 aromatic rings. The summed E-state index contributed by atoms with van der Waals surface area (Å²) in [5.74, 6) is 0.293. The zero-order chi connectivity index (χ0) is 20.6. The first-order valence-corrected chi connectivity index (χ1v) is 11.3. The largest absolute Gasteiger partial charge is 0.345 e. The Balaban J connectivity index is 1.79. The molecule has 0 bridgehead atoms. The van der Waals surface area contributed by atoms with Gasteiger partial charge in [-0.05, 0) is 43.5 Å². The lowest BCUT2D eigenvalue weighted by Gasteiger charge is -2.14. The van der Waals surface area contributed by atoms with Crippen LogP contribution in [0.2, 0.25) is 0 Å². The summed E-state index contributed by atoms with van der Waals surface area (Å²) in [7, 11) is -3.73. The summed E-state index contributed by atoms with van der Waals surface area (Å²) in [5, 5.41) is 13.6. The second-order valence-corrected chi connectivity index (χ2v) is 9.89. The lowest BCUT2D eigenvalue weighted by molar-refractivity contribution is 0.0944. The molecule has 2 heterocycles. The summed E-state index contributed by atoms with van der Waals surface area (Å²) in [6.07, 6.45) is 0. The third kappa shape index (κ3) is 4.26. The third-order valence-corrected chi connectivity index (χ3v) is 6.50. The number of rotatable bonds is 6. The molecule has 28 heavy (non-hydrogen) atoms. The first kappa shape index (κ1) is 20.5. The van der Waals surface area contributed by atoms with Crippen LogP contribution in [0, 0.1) is 12.8 Å². The van der Waals surface area contributed by atoms with Crippen molar-refractivity contribution in [3.63, 3.8) is 0 Å². The lowest BCUT2D eigenvalue weighted by atomic mass is 10.1. The fraction of sp³-hybridized carbons (Fsp3) is 0.368. The molecule has 9 heteroatoms. The molecule has 2 aromatic heterocycles. The summed E-state index contributed by atoms with van der Waals surface area (Å²) in [6.45, 7) is 8.87. The highest BCUT2D eigenvalue weighted by atomic mass is 32.2. The van der Waals surface area contributed by atoms with Gasteiger partial charge in [0.05, 0.1) is 21.5 Å². The van der Waals surface area contributed by atoms with Crippen LogP contribution < -0.4 is 10.5 Å². The van der Waals surface area contributed by atoms with Crippen molar-refractivity contribution in [2.24, 2.45) is 11.1 Å². The van der Waals surface area contributed by atoms with Gasteiger partial charge in [-0.25, -0.2) is 13.6 Å². The van der Waals surface area contributed by atoms with E-state index in [4.69, 9.17) is 5.14 Å². The molecule has 150 valence electrons. The minimum Gasteiger partial charge on any atom is -0.345 e. The Kier molecular flexibility index (Phi) is 5.60. The summed E-state index contributed by atoms with van der Waals surface area (Å²) >= 11 is 1.43. The third-order valence-electron chi connectivity index (χ3n) is 4.43. The van der Waals surface area contributed by atoms with Crippen molar-refractivity contribution in [2.45, 2.75) is 45.2 Å². The molecule has 0 fully saturated rings. The Morgan fingerprint density at radius 2 is 1.89 bits per heavy atom. The van der Waals surface area contributed by atoms with Crippen LogP contribution in [-0.4, -0.2) is 24.1 Å². The molecule has 3 N–H and O–H groups in total. The number of sulfonamides is 1. The summed E-state index contributed by atoms with van der Waals surface area (Å²) < 4.78 is 24.7. The maximum atomic E-state index is 12.7. The van der Waals surface area contributed by atoms with Crippen molar-refractivity contribution < 1.29 is 13.2 Å². The second kappa shape index (κ2) is 7.65. The predicted octanol–water partition coefficient (Wildman–Crippen LogP) is 3.20. The van der Waals surface area contributed by atoms with E-state index < -0.39 is 10.0 Å². The Hall–Kier alpha value is -2.23. The molecular formula is C19H24N4O3S2. The van der Waals surface area contributed by atoms with E-state index in [1.165, 1.54) is 23.5 Å². The standard InChI is InChI=1S/C19H24N4O3S2/c1-11(2)10-23-19-16(13(4)22-23)9-17(27-19)18(24)21-12(3)14-5-7-15(8-6-14)28(20,25)26/h5-9,11-12H,10H2,1-4H3,(H,21,24)(H2,20,25,26). The molecule has 7 nitrogen and oxygen atoms in total. The van der Waals surface area contributed by atoms with Crippen LogP contribution in [0.5, 0.6) is 0 Å². The molecule has 0 saturated heterocycles. The Morgan fingerprint density at radius 3 is 2.46 bits per heavy atom. The monoisotopic (exact) mass is 420 g/mol. The van der Waals surface area contributed by atoms with E-state index >= 15 is 0 Å². The highest BCUT2D eigenvalue weighted by molar-refractivity contribution is 7.89. The van der Waals surface area contributed by atoms with E-state index in [-0.39, 0.29) is 16.8 Å². The molecule has 1 unspecified atom stereocenters. The zero-order valence-corrected chi connectivity index (χ0v) is 17.9. The summed E-state index contributed by atoms with van der Waals surface area (Å²) in [5.41, 5.74) is 1.71. The first-order chi connectivity index (χ1) is 13.1. The highest BCUT2D eigenvalue weighted by Gasteiger charge is 2.19. The minimum absolute atomic E-state index is 0.0458. The fourth-order valence-corrected chi connectivity index (χ4v) is 4.58. The lowest BCUT2D eigenvalue weighted by Crippen LogP contribution is -2.26. The minimum atomic E-state index is -3.73. The molecule has 1 atom stereocenters. The van der Waals surface area contributed by atoms with Crippen molar-refractivity contribution in [3.05, 3.63) is 46.5 Å². The number of primary sulfonamides is 1.